The zero-order chi connectivity index (χ0) is 22.9. The molecule has 3 heterocycles. The average molecular weight is 449 g/mol. The molecule has 1 N–H and O–H groups in total. The fourth-order valence-corrected chi connectivity index (χ4v) is 5.51. The Morgan fingerprint density at radius 3 is 2.76 bits per heavy atom. The SMILES string of the molecule is CCN(CC)C(=O)Nn1c(CN2CCOCC2)c2c3c(cccc31)C1=CCCN(C#N)[C@@H]1C2. The molecule has 2 aromatic rings. The number of fused-ring (bicyclic) bond motifs is 2. The van der Waals surface area contributed by atoms with Gasteiger partial charge in [0.05, 0.1) is 30.5 Å². The van der Waals surface area contributed by atoms with E-state index in [9.17, 15) is 10.1 Å². The van der Waals surface area contributed by atoms with Crippen molar-refractivity contribution in [1.82, 2.24) is 19.4 Å². The molecule has 1 fully saturated rings. The molecule has 1 aromatic carbocycles. The number of ether oxygens (including phenoxy) is 1. The van der Waals surface area contributed by atoms with Crippen molar-refractivity contribution in [3.05, 3.63) is 41.1 Å². The molecule has 3 aliphatic rings. The Hall–Kier alpha value is -3.02. The van der Waals surface area contributed by atoms with Crippen molar-refractivity contribution in [1.29, 1.82) is 5.26 Å². The van der Waals surface area contributed by atoms with Crippen LogP contribution in [0.4, 0.5) is 4.79 Å². The Morgan fingerprint density at radius 2 is 2.03 bits per heavy atom. The van der Waals surface area contributed by atoms with E-state index in [1.807, 2.05) is 23.4 Å². The van der Waals surface area contributed by atoms with Gasteiger partial charge in [0.15, 0.2) is 6.19 Å². The van der Waals surface area contributed by atoms with Gasteiger partial charge in [-0.3, -0.25) is 9.58 Å². The highest BCUT2D eigenvalue weighted by molar-refractivity contribution is 6.00. The first-order valence-electron chi connectivity index (χ1n) is 12.0. The Labute approximate surface area is 194 Å². The summed E-state index contributed by atoms with van der Waals surface area (Å²) in [6.07, 6.45) is 6.37. The van der Waals surface area contributed by atoms with E-state index in [2.05, 4.69) is 40.8 Å². The summed E-state index contributed by atoms with van der Waals surface area (Å²) in [6.45, 7) is 10.0. The lowest BCUT2D eigenvalue weighted by atomic mass is 9.81. The van der Waals surface area contributed by atoms with E-state index in [4.69, 9.17) is 4.74 Å². The summed E-state index contributed by atoms with van der Waals surface area (Å²) in [4.78, 5) is 19.2. The molecule has 1 aliphatic carbocycles. The molecule has 1 atom stereocenters. The molecular formula is C25H32N6O2. The van der Waals surface area contributed by atoms with Crippen LogP contribution in [-0.4, -0.2) is 77.4 Å². The van der Waals surface area contributed by atoms with Gasteiger partial charge in [0.1, 0.15) is 0 Å². The van der Waals surface area contributed by atoms with Crippen LogP contribution >= 0.6 is 0 Å². The van der Waals surface area contributed by atoms with Crippen LogP contribution in [-0.2, 0) is 17.7 Å². The van der Waals surface area contributed by atoms with Crippen molar-refractivity contribution < 1.29 is 9.53 Å². The summed E-state index contributed by atoms with van der Waals surface area (Å²) in [6, 6.07) is 6.29. The van der Waals surface area contributed by atoms with E-state index in [-0.39, 0.29) is 12.1 Å². The first kappa shape index (κ1) is 21.8. The van der Waals surface area contributed by atoms with E-state index >= 15 is 0 Å². The number of aromatic nitrogens is 1. The van der Waals surface area contributed by atoms with Gasteiger partial charge >= 0.3 is 6.03 Å². The van der Waals surface area contributed by atoms with E-state index < -0.39 is 0 Å². The van der Waals surface area contributed by atoms with Crippen molar-refractivity contribution in [3.63, 3.8) is 0 Å². The molecular weight excluding hydrogens is 416 g/mol. The maximum absolute atomic E-state index is 13.1. The summed E-state index contributed by atoms with van der Waals surface area (Å²) in [5.41, 5.74) is 9.03. The topological polar surface area (TPSA) is 76.8 Å². The number of hydrogen-bond acceptors (Lipinski definition) is 5. The molecule has 1 saturated heterocycles. The molecule has 8 nitrogen and oxygen atoms in total. The number of nitrogens with zero attached hydrogens (tertiary/aromatic N) is 5. The third-order valence-electron chi connectivity index (χ3n) is 7.24. The smallest absolute Gasteiger partial charge is 0.336 e. The number of carbonyl (C=O) groups excluding carboxylic acids is 1. The van der Waals surface area contributed by atoms with E-state index in [0.717, 1.165) is 63.4 Å². The van der Waals surface area contributed by atoms with Crippen molar-refractivity contribution in [2.45, 2.75) is 39.3 Å². The van der Waals surface area contributed by atoms with Crippen LogP contribution in [0.25, 0.3) is 16.5 Å². The highest BCUT2D eigenvalue weighted by Gasteiger charge is 2.36. The molecule has 0 saturated carbocycles. The molecule has 2 amide bonds. The van der Waals surface area contributed by atoms with Crippen LogP contribution < -0.4 is 5.43 Å². The fourth-order valence-electron chi connectivity index (χ4n) is 5.51. The standard InChI is InChI=1S/C25H32N6O2/c1-3-29(4-2)25(32)27-31-21-9-5-7-19-18-8-6-10-30(17-26)22(18)15-20(24(19)21)23(31)16-28-11-13-33-14-12-28/h5,7-9,22H,3-4,6,10-16H2,1-2H3,(H,27,32)/t22-/m1/s1. The van der Waals surface area contributed by atoms with Crippen molar-refractivity contribution in [2.75, 3.05) is 51.4 Å². The number of urea groups is 1. The van der Waals surface area contributed by atoms with Gasteiger partial charge in [0, 0.05) is 51.1 Å². The number of nitrogens with one attached hydrogen (secondary N) is 1. The van der Waals surface area contributed by atoms with Gasteiger partial charge in [-0.15, -0.1) is 0 Å². The van der Waals surface area contributed by atoms with Gasteiger partial charge in [0.25, 0.3) is 0 Å². The Kier molecular flexibility index (Phi) is 6.00. The number of amides is 2. The molecule has 8 heteroatoms. The maximum atomic E-state index is 13.1. The molecule has 174 valence electrons. The van der Waals surface area contributed by atoms with Crippen LogP contribution in [0.15, 0.2) is 24.3 Å². The minimum absolute atomic E-state index is 0.0552. The summed E-state index contributed by atoms with van der Waals surface area (Å²) >= 11 is 0. The monoisotopic (exact) mass is 448 g/mol. The number of rotatable bonds is 5. The molecule has 0 radical (unpaired) electrons. The summed E-state index contributed by atoms with van der Waals surface area (Å²) in [5, 5.41) is 11.0. The van der Waals surface area contributed by atoms with Gasteiger partial charge in [-0.2, -0.15) is 5.26 Å². The largest absolute Gasteiger partial charge is 0.379 e. The lowest BCUT2D eigenvalue weighted by Gasteiger charge is -2.36. The first-order chi connectivity index (χ1) is 16.2. The van der Waals surface area contributed by atoms with Crippen LogP contribution in [0.2, 0.25) is 0 Å². The summed E-state index contributed by atoms with van der Waals surface area (Å²) in [5.74, 6) is 0. The number of benzene rings is 1. The van der Waals surface area contributed by atoms with Crippen molar-refractivity contribution >= 4 is 22.5 Å². The van der Waals surface area contributed by atoms with Crippen LogP contribution in [0.5, 0.6) is 0 Å². The molecule has 0 unspecified atom stereocenters. The molecule has 0 spiro atoms. The van der Waals surface area contributed by atoms with Gasteiger partial charge in [-0.1, -0.05) is 18.2 Å². The van der Waals surface area contributed by atoms with E-state index in [0.29, 0.717) is 13.1 Å². The Balaban J connectivity index is 1.65. The number of hydrogen-bond donors (Lipinski definition) is 1. The van der Waals surface area contributed by atoms with Crippen LogP contribution in [0.1, 0.15) is 37.1 Å². The summed E-state index contributed by atoms with van der Waals surface area (Å²) in [7, 11) is 0. The molecule has 33 heavy (non-hydrogen) atoms. The third-order valence-corrected chi connectivity index (χ3v) is 7.24. The van der Waals surface area contributed by atoms with Crippen molar-refractivity contribution in [2.24, 2.45) is 0 Å². The quantitative estimate of drug-likeness (QED) is 0.712. The first-order valence-corrected chi connectivity index (χ1v) is 12.0. The maximum Gasteiger partial charge on any atom is 0.336 e. The van der Waals surface area contributed by atoms with Crippen LogP contribution in [0, 0.1) is 11.5 Å². The second-order valence-electron chi connectivity index (χ2n) is 8.90. The zero-order valence-corrected chi connectivity index (χ0v) is 19.5. The van der Waals surface area contributed by atoms with Gasteiger partial charge < -0.3 is 14.5 Å². The molecule has 1 aromatic heterocycles. The minimum Gasteiger partial charge on any atom is -0.379 e. The van der Waals surface area contributed by atoms with Gasteiger partial charge in [-0.25, -0.2) is 10.2 Å². The fraction of sp³-hybridized carbons (Fsp3) is 0.520. The normalized spacial score (nSPS) is 20.2. The number of carbonyl (C=O) groups is 1. The Bertz CT molecular complexity index is 1120. The average Bonchev–Trinajstić information content (AvgIpc) is 3.13. The highest BCUT2D eigenvalue weighted by atomic mass is 16.5. The van der Waals surface area contributed by atoms with Crippen molar-refractivity contribution in [3.8, 4) is 6.19 Å². The number of morpholine rings is 1. The third kappa shape index (κ3) is 3.75. The van der Waals surface area contributed by atoms with E-state index in [1.54, 1.807) is 4.90 Å². The highest BCUT2D eigenvalue weighted by Crippen LogP contribution is 2.42. The zero-order valence-electron chi connectivity index (χ0n) is 19.5. The second kappa shape index (κ2) is 9.08. The lowest BCUT2D eigenvalue weighted by Crippen LogP contribution is -2.41. The minimum atomic E-state index is -0.0911. The molecule has 0 bridgehead atoms. The predicted molar refractivity (Wildman–Crippen MR) is 128 cm³/mol. The second-order valence-corrected chi connectivity index (χ2v) is 8.90. The van der Waals surface area contributed by atoms with Gasteiger partial charge in [0.2, 0.25) is 0 Å². The molecule has 2 aliphatic heterocycles. The van der Waals surface area contributed by atoms with Gasteiger partial charge in [-0.05, 0) is 43.0 Å². The van der Waals surface area contributed by atoms with Crippen LogP contribution in [0.3, 0.4) is 0 Å². The lowest BCUT2D eigenvalue weighted by molar-refractivity contribution is 0.0332. The summed E-state index contributed by atoms with van der Waals surface area (Å²) < 4.78 is 7.58. The van der Waals surface area contributed by atoms with E-state index in [1.165, 1.54) is 22.1 Å². The Morgan fingerprint density at radius 1 is 1.24 bits per heavy atom. The molecule has 5 rings (SSSR count). The predicted octanol–water partition coefficient (Wildman–Crippen LogP) is 2.97. The number of nitriles is 1.